The zero-order valence-corrected chi connectivity index (χ0v) is 15.0. The number of benzene rings is 1. The van der Waals surface area contributed by atoms with Gasteiger partial charge in [-0.15, -0.1) is 0 Å². The van der Waals surface area contributed by atoms with Crippen molar-refractivity contribution < 1.29 is 9.13 Å². The topological polar surface area (TPSA) is 34.5 Å². The van der Waals surface area contributed by atoms with E-state index in [1.807, 2.05) is 18.3 Å². The molecule has 0 aliphatic carbocycles. The van der Waals surface area contributed by atoms with Gasteiger partial charge in [0.2, 0.25) is 0 Å². The molecule has 3 nitrogen and oxygen atoms in total. The smallest absolute Gasteiger partial charge is 0.137 e. The van der Waals surface area contributed by atoms with Gasteiger partial charge in [0.05, 0.1) is 19.0 Å². The van der Waals surface area contributed by atoms with E-state index in [9.17, 15) is 4.39 Å². The predicted molar refractivity (Wildman–Crippen MR) is 104 cm³/mol. The first-order chi connectivity index (χ1) is 12.7. The minimum absolute atomic E-state index is 0.172. The van der Waals surface area contributed by atoms with Crippen LogP contribution in [-0.2, 0) is 6.42 Å². The molecular formula is C22H23FN2O. The third-order valence-corrected chi connectivity index (χ3v) is 4.32. The summed E-state index contributed by atoms with van der Waals surface area (Å²) >= 11 is 0. The number of aromatic nitrogens is 1. The summed E-state index contributed by atoms with van der Waals surface area (Å²) in [5.74, 6) is 0.548. The second-order valence-electron chi connectivity index (χ2n) is 6.29. The van der Waals surface area contributed by atoms with Gasteiger partial charge < -0.3 is 4.74 Å². The molecule has 0 N–H and O–H groups in total. The Labute approximate surface area is 154 Å². The summed E-state index contributed by atoms with van der Waals surface area (Å²) in [6.45, 7) is 0. The lowest BCUT2D eigenvalue weighted by molar-refractivity contribution is 0.412. The van der Waals surface area contributed by atoms with E-state index < -0.39 is 0 Å². The second kappa shape index (κ2) is 9.09. The Bertz CT molecular complexity index is 840. The highest BCUT2D eigenvalue weighted by molar-refractivity contribution is 5.76. The summed E-state index contributed by atoms with van der Waals surface area (Å²) in [5.41, 5.74) is 4.14. The Kier molecular flexibility index (Phi) is 6.31. The molecule has 3 rings (SSSR count). The Morgan fingerprint density at radius 2 is 2.04 bits per heavy atom. The summed E-state index contributed by atoms with van der Waals surface area (Å²) in [4.78, 5) is 8.83. The predicted octanol–water partition coefficient (Wildman–Crippen LogP) is 5.38. The molecule has 1 aliphatic rings. The maximum Gasteiger partial charge on any atom is 0.137 e. The summed E-state index contributed by atoms with van der Waals surface area (Å²) in [5, 5.41) is 0. The lowest BCUT2D eigenvalue weighted by atomic mass is 10.0. The molecule has 0 spiro atoms. The van der Waals surface area contributed by atoms with Crippen molar-refractivity contribution in [2.24, 2.45) is 4.99 Å². The molecule has 0 saturated heterocycles. The SMILES string of the molecule is COc1cncc(/C2=C/C(CCCc3cccc(F)c3)=C\CCC=N2)c1. The van der Waals surface area contributed by atoms with E-state index in [0.717, 1.165) is 54.7 Å². The highest BCUT2D eigenvalue weighted by Crippen LogP contribution is 2.24. The number of aliphatic imine (C=N–C) groups is 1. The van der Waals surface area contributed by atoms with Crippen molar-refractivity contribution in [1.29, 1.82) is 0 Å². The van der Waals surface area contributed by atoms with Gasteiger partial charge in [-0.2, -0.15) is 0 Å². The molecule has 134 valence electrons. The van der Waals surface area contributed by atoms with Gasteiger partial charge >= 0.3 is 0 Å². The largest absolute Gasteiger partial charge is 0.495 e. The van der Waals surface area contributed by atoms with Crippen molar-refractivity contribution in [3.05, 3.63) is 77.4 Å². The molecule has 4 heteroatoms. The number of aryl methyl sites for hydroxylation is 1. The number of methoxy groups -OCH3 is 1. The number of ether oxygens (including phenoxy) is 1. The van der Waals surface area contributed by atoms with Crippen LogP contribution in [0.25, 0.3) is 5.70 Å². The Morgan fingerprint density at radius 1 is 1.12 bits per heavy atom. The van der Waals surface area contributed by atoms with Crippen molar-refractivity contribution >= 4 is 11.9 Å². The summed E-state index contributed by atoms with van der Waals surface area (Å²) in [6, 6.07) is 8.78. The number of rotatable bonds is 6. The Morgan fingerprint density at radius 3 is 2.88 bits per heavy atom. The molecule has 0 radical (unpaired) electrons. The molecule has 2 heterocycles. The van der Waals surface area contributed by atoms with E-state index in [0.29, 0.717) is 0 Å². The fraction of sp³-hybridized carbons (Fsp3) is 0.273. The van der Waals surface area contributed by atoms with Gasteiger partial charge in [-0.3, -0.25) is 9.98 Å². The van der Waals surface area contributed by atoms with Crippen LogP contribution in [0.15, 0.2) is 65.4 Å². The minimum atomic E-state index is -0.172. The number of pyridine rings is 1. The number of hydrogen-bond donors (Lipinski definition) is 0. The zero-order valence-electron chi connectivity index (χ0n) is 15.0. The van der Waals surface area contributed by atoms with Gasteiger partial charge in [0.1, 0.15) is 11.6 Å². The molecule has 1 aromatic heterocycles. The highest BCUT2D eigenvalue weighted by Gasteiger charge is 2.06. The second-order valence-corrected chi connectivity index (χ2v) is 6.29. The van der Waals surface area contributed by atoms with Gasteiger partial charge in [0, 0.05) is 18.0 Å². The fourth-order valence-electron chi connectivity index (χ4n) is 2.97. The maximum atomic E-state index is 13.3. The van der Waals surface area contributed by atoms with Crippen LogP contribution >= 0.6 is 0 Å². The van der Waals surface area contributed by atoms with E-state index in [2.05, 4.69) is 22.1 Å². The van der Waals surface area contributed by atoms with Gasteiger partial charge in [0.15, 0.2) is 0 Å². The average Bonchev–Trinajstić information content (AvgIpc) is 2.63. The third kappa shape index (κ3) is 5.12. The van der Waals surface area contributed by atoms with Crippen molar-refractivity contribution in [2.45, 2.75) is 32.1 Å². The first-order valence-electron chi connectivity index (χ1n) is 8.92. The first-order valence-corrected chi connectivity index (χ1v) is 8.92. The highest BCUT2D eigenvalue weighted by atomic mass is 19.1. The monoisotopic (exact) mass is 350 g/mol. The summed E-state index contributed by atoms with van der Waals surface area (Å²) in [6.07, 6.45) is 14.5. The fourth-order valence-corrected chi connectivity index (χ4v) is 2.97. The van der Waals surface area contributed by atoms with Crippen molar-refractivity contribution in [3.63, 3.8) is 0 Å². The molecule has 26 heavy (non-hydrogen) atoms. The summed E-state index contributed by atoms with van der Waals surface area (Å²) in [7, 11) is 1.63. The molecular weight excluding hydrogens is 327 g/mol. The van der Waals surface area contributed by atoms with E-state index in [1.165, 1.54) is 11.6 Å². The molecule has 0 saturated carbocycles. The molecule has 0 unspecified atom stereocenters. The van der Waals surface area contributed by atoms with Crippen LogP contribution in [0.5, 0.6) is 5.75 Å². The first kappa shape index (κ1) is 18.1. The lowest BCUT2D eigenvalue weighted by Gasteiger charge is -2.10. The zero-order chi connectivity index (χ0) is 18.2. The van der Waals surface area contributed by atoms with E-state index in [4.69, 9.17) is 4.74 Å². The Hall–Kier alpha value is -2.75. The number of allylic oxidation sites excluding steroid dienone is 3. The van der Waals surface area contributed by atoms with Crippen LogP contribution in [0.1, 0.15) is 36.8 Å². The normalized spacial score (nSPS) is 18.2. The van der Waals surface area contributed by atoms with E-state index in [1.54, 1.807) is 31.6 Å². The number of hydrogen-bond acceptors (Lipinski definition) is 3. The molecule has 2 aromatic rings. The summed E-state index contributed by atoms with van der Waals surface area (Å²) < 4.78 is 18.6. The van der Waals surface area contributed by atoms with Gasteiger partial charge in [-0.1, -0.05) is 18.2 Å². The van der Waals surface area contributed by atoms with Crippen LogP contribution in [0.3, 0.4) is 0 Å². The van der Waals surface area contributed by atoms with Gasteiger partial charge in [-0.05, 0) is 67.5 Å². The number of nitrogens with zero attached hydrogens (tertiary/aromatic N) is 2. The lowest BCUT2D eigenvalue weighted by Crippen LogP contribution is -1.94. The van der Waals surface area contributed by atoms with E-state index >= 15 is 0 Å². The standard InChI is InChI=1S/C22H23FN2O/c1-26-21-14-19(15-24-16-21)22-13-18(6-2-3-11-25-22)8-4-7-17-9-5-10-20(23)12-17/h5-6,9-16H,2-4,7-8H2,1H3/b18-6-,22-13-,25-11?. The molecule has 0 atom stereocenters. The van der Waals surface area contributed by atoms with Gasteiger partial charge in [0.25, 0.3) is 0 Å². The molecule has 0 fully saturated rings. The quantitative estimate of drug-likeness (QED) is 0.700. The van der Waals surface area contributed by atoms with Crippen molar-refractivity contribution in [3.8, 4) is 5.75 Å². The average molecular weight is 350 g/mol. The third-order valence-electron chi connectivity index (χ3n) is 4.32. The maximum absolute atomic E-state index is 13.3. The molecule has 1 aromatic carbocycles. The van der Waals surface area contributed by atoms with Crippen LogP contribution in [0.4, 0.5) is 4.39 Å². The Balaban J connectivity index is 1.71. The number of halogens is 1. The molecule has 1 aliphatic heterocycles. The van der Waals surface area contributed by atoms with Crippen LogP contribution in [0, 0.1) is 5.82 Å². The van der Waals surface area contributed by atoms with Crippen LogP contribution in [0.2, 0.25) is 0 Å². The van der Waals surface area contributed by atoms with E-state index in [-0.39, 0.29) is 5.82 Å². The molecule has 0 amide bonds. The van der Waals surface area contributed by atoms with Crippen molar-refractivity contribution in [2.75, 3.05) is 7.11 Å². The minimum Gasteiger partial charge on any atom is -0.495 e. The molecule has 0 bridgehead atoms. The van der Waals surface area contributed by atoms with Crippen LogP contribution < -0.4 is 4.74 Å². The van der Waals surface area contributed by atoms with Gasteiger partial charge in [-0.25, -0.2) is 4.39 Å². The van der Waals surface area contributed by atoms with Crippen LogP contribution in [-0.4, -0.2) is 18.3 Å². The van der Waals surface area contributed by atoms with Crippen molar-refractivity contribution in [1.82, 2.24) is 4.98 Å².